The Bertz CT molecular complexity index is 777. The first-order valence-corrected chi connectivity index (χ1v) is 8.86. The number of likely N-dealkylation sites (tertiary alicyclic amines) is 1. The minimum absolute atomic E-state index is 0.0983. The van der Waals surface area contributed by atoms with Crippen LogP contribution in [0.5, 0.6) is 0 Å². The van der Waals surface area contributed by atoms with E-state index in [0.717, 1.165) is 31.5 Å². The van der Waals surface area contributed by atoms with Gasteiger partial charge in [-0.15, -0.1) is 0 Å². The van der Waals surface area contributed by atoms with Gasteiger partial charge < -0.3 is 20.0 Å². The van der Waals surface area contributed by atoms with E-state index in [9.17, 15) is 9.59 Å². The summed E-state index contributed by atoms with van der Waals surface area (Å²) in [4.78, 5) is 30.4. The Labute approximate surface area is 152 Å². The van der Waals surface area contributed by atoms with Crippen molar-refractivity contribution in [1.29, 1.82) is 0 Å². The summed E-state index contributed by atoms with van der Waals surface area (Å²) in [5, 5.41) is 5.48. The van der Waals surface area contributed by atoms with E-state index in [1.165, 1.54) is 5.56 Å². The van der Waals surface area contributed by atoms with Crippen molar-refractivity contribution >= 4 is 11.9 Å². The van der Waals surface area contributed by atoms with Crippen LogP contribution in [0, 0.1) is 13.8 Å². The predicted molar refractivity (Wildman–Crippen MR) is 96.6 cm³/mol. The Morgan fingerprint density at radius 1 is 1.08 bits per heavy atom. The van der Waals surface area contributed by atoms with Gasteiger partial charge in [-0.2, -0.15) is 0 Å². The lowest BCUT2D eigenvalue weighted by Crippen LogP contribution is -2.34. The number of hydrogen-bond donors (Lipinski definition) is 2. The maximum absolute atomic E-state index is 12.4. The number of aromatic nitrogens is 1. The highest BCUT2D eigenvalue weighted by molar-refractivity contribution is 5.93. The van der Waals surface area contributed by atoms with Crippen molar-refractivity contribution in [3.05, 3.63) is 52.7 Å². The predicted octanol–water partition coefficient (Wildman–Crippen LogP) is 2.53. The molecule has 3 amide bonds. The minimum atomic E-state index is -0.311. The average Bonchev–Trinajstić information content (AvgIpc) is 3.29. The van der Waals surface area contributed by atoms with Gasteiger partial charge in [-0.05, 0) is 32.3 Å². The molecule has 0 saturated carbocycles. The Balaban J connectivity index is 1.49. The fraction of sp³-hybridized carbons (Fsp3) is 0.421. The minimum Gasteiger partial charge on any atom is -0.443 e. The van der Waals surface area contributed by atoms with Gasteiger partial charge >= 0.3 is 6.03 Å². The molecule has 7 nitrogen and oxygen atoms in total. The first-order valence-electron chi connectivity index (χ1n) is 8.86. The molecule has 1 fully saturated rings. The molecule has 0 aliphatic carbocycles. The normalized spacial score (nSPS) is 13.7. The smallest absolute Gasteiger partial charge is 0.315 e. The summed E-state index contributed by atoms with van der Waals surface area (Å²) < 4.78 is 5.52. The van der Waals surface area contributed by atoms with Crippen LogP contribution >= 0.6 is 0 Å². The van der Waals surface area contributed by atoms with E-state index in [2.05, 4.69) is 15.6 Å². The number of rotatable bonds is 5. The highest BCUT2D eigenvalue weighted by Crippen LogP contribution is 2.16. The molecular weight excluding hydrogens is 332 g/mol. The molecule has 7 heteroatoms. The maximum Gasteiger partial charge on any atom is 0.315 e. The van der Waals surface area contributed by atoms with Crippen molar-refractivity contribution in [3.8, 4) is 0 Å². The Kier molecular flexibility index (Phi) is 5.55. The second-order valence-corrected chi connectivity index (χ2v) is 6.53. The molecule has 0 atom stereocenters. The van der Waals surface area contributed by atoms with Crippen LogP contribution in [0.3, 0.4) is 0 Å². The molecule has 26 heavy (non-hydrogen) atoms. The molecule has 0 radical (unpaired) electrons. The first-order chi connectivity index (χ1) is 12.5. The number of nitrogens with zero attached hydrogens (tertiary/aromatic N) is 2. The molecule has 1 aliphatic rings. The highest BCUT2D eigenvalue weighted by atomic mass is 16.4. The maximum atomic E-state index is 12.4. The lowest BCUT2D eigenvalue weighted by molar-refractivity contribution is 0.0786. The quantitative estimate of drug-likeness (QED) is 0.862. The fourth-order valence-electron chi connectivity index (χ4n) is 2.90. The zero-order valence-electron chi connectivity index (χ0n) is 15.2. The molecule has 1 aromatic heterocycles. The van der Waals surface area contributed by atoms with Gasteiger partial charge in [0.15, 0.2) is 5.69 Å². The van der Waals surface area contributed by atoms with Gasteiger partial charge in [0.1, 0.15) is 5.76 Å². The van der Waals surface area contributed by atoms with Crippen molar-refractivity contribution in [2.24, 2.45) is 0 Å². The Morgan fingerprint density at radius 2 is 1.73 bits per heavy atom. The van der Waals surface area contributed by atoms with Crippen LogP contribution in [-0.2, 0) is 13.1 Å². The molecular formula is C19H24N4O3. The number of urea groups is 1. The van der Waals surface area contributed by atoms with Gasteiger partial charge in [0.25, 0.3) is 5.91 Å². The number of carbonyl (C=O) groups is 2. The molecule has 138 valence electrons. The molecule has 1 aliphatic heterocycles. The third-order valence-corrected chi connectivity index (χ3v) is 4.41. The monoisotopic (exact) mass is 356 g/mol. The van der Waals surface area contributed by atoms with Crippen molar-refractivity contribution in [1.82, 2.24) is 20.5 Å². The molecule has 0 unspecified atom stereocenters. The van der Waals surface area contributed by atoms with Crippen molar-refractivity contribution < 1.29 is 14.0 Å². The second-order valence-electron chi connectivity index (χ2n) is 6.53. The molecule has 1 saturated heterocycles. The van der Waals surface area contributed by atoms with Crippen LogP contribution in [0.15, 0.2) is 28.7 Å². The summed E-state index contributed by atoms with van der Waals surface area (Å²) in [5.74, 6) is 0.716. The van der Waals surface area contributed by atoms with Crippen molar-refractivity contribution in [2.75, 3.05) is 13.1 Å². The first kappa shape index (κ1) is 18.0. The van der Waals surface area contributed by atoms with Gasteiger partial charge in [0.2, 0.25) is 5.89 Å². The lowest BCUT2D eigenvalue weighted by atomic mass is 10.1. The fourth-order valence-corrected chi connectivity index (χ4v) is 2.90. The average molecular weight is 356 g/mol. The van der Waals surface area contributed by atoms with E-state index in [4.69, 9.17) is 4.42 Å². The molecule has 0 bridgehead atoms. The third kappa shape index (κ3) is 4.41. The number of oxazole rings is 1. The number of benzene rings is 1. The third-order valence-electron chi connectivity index (χ3n) is 4.41. The van der Waals surface area contributed by atoms with Gasteiger partial charge in [-0.1, -0.05) is 29.8 Å². The zero-order chi connectivity index (χ0) is 18.5. The van der Waals surface area contributed by atoms with Gasteiger partial charge in [-0.25, -0.2) is 9.78 Å². The number of aryl methyl sites for hydroxylation is 2. The Morgan fingerprint density at radius 3 is 2.42 bits per heavy atom. The van der Waals surface area contributed by atoms with Gasteiger partial charge in [0.05, 0.1) is 6.54 Å². The van der Waals surface area contributed by atoms with Crippen LogP contribution in [0.4, 0.5) is 4.79 Å². The topological polar surface area (TPSA) is 87.5 Å². The number of hydrogen-bond acceptors (Lipinski definition) is 4. The largest absolute Gasteiger partial charge is 0.443 e. The SMILES string of the molecule is Cc1ccc(CNC(=O)NCc2nc(C(=O)N3CCCC3)c(C)o2)cc1. The Hall–Kier alpha value is -2.83. The van der Waals surface area contributed by atoms with Crippen molar-refractivity contribution in [2.45, 2.75) is 39.8 Å². The summed E-state index contributed by atoms with van der Waals surface area (Å²) in [6.45, 7) is 5.84. The second kappa shape index (κ2) is 8.03. The standard InChI is InChI=1S/C19H24N4O3/c1-13-5-7-15(8-6-13)11-20-19(25)21-12-16-22-17(14(2)26-16)18(24)23-9-3-4-10-23/h5-8H,3-4,9-12H2,1-2H3,(H2,20,21,25). The summed E-state index contributed by atoms with van der Waals surface area (Å²) in [6, 6.07) is 7.65. The molecule has 1 aromatic carbocycles. The summed E-state index contributed by atoms with van der Waals surface area (Å²) in [7, 11) is 0. The molecule has 0 spiro atoms. The number of nitrogens with one attached hydrogen (secondary N) is 2. The highest BCUT2D eigenvalue weighted by Gasteiger charge is 2.25. The van der Waals surface area contributed by atoms with Gasteiger partial charge in [0, 0.05) is 19.6 Å². The lowest BCUT2D eigenvalue weighted by Gasteiger charge is -2.13. The summed E-state index contributed by atoms with van der Waals surface area (Å²) in [5.41, 5.74) is 2.54. The summed E-state index contributed by atoms with van der Waals surface area (Å²) >= 11 is 0. The van der Waals surface area contributed by atoms with Crippen LogP contribution in [0.2, 0.25) is 0 Å². The van der Waals surface area contributed by atoms with E-state index >= 15 is 0 Å². The van der Waals surface area contributed by atoms with Gasteiger partial charge in [-0.3, -0.25) is 4.79 Å². The van der Waals surface area contributed by atoms with E-state index in [0.29, 0.717) is 23.9 Å². The van der Waals surface area contributed by atoms with E-state index in [1.807, 2.05) is 31.2 Å². The van der Waals surface area contributed by atoms with Crippen LogP contribution < -0.4 is 10.6 Å². The molecule has 2 aromatic rings. The van der Waals surface area contributed by atoms with E-state index < -0.39 is 0 Å². The number of carbonyl (C=O) groups excluding carboxylic acids is 2. The van der Waals surface area contributed by atoms with E-state index in [1.54, 1.807) is 11.8 Å². The molecule has 2 N–H and O–H groups in total. The van der Waals surface area contributed by atoms with Crippen molar-refractivity contribution in [3.63, 3.8) is 0 Å². The van der Waals surface area contributed by atoms with Crippen LogP contribution in [-0.4, -0.2) is 34.9 Å². The van der Waals surface area contributed by atoms with Crippen LogP contribution in [0.1, 0.15) is 46.1 Å². The van der Waals surface area contributed by atoms with E-state index in [-0.39, 0.29) is 18.5 Å². The zero-order valence-corrected chi connectivity index (χ0v) is 15.2. The number of amides is 3. The molecule has 2 heterocycles. The summed E-state index contributed by atoms with van der Waals surface area (Å²) in [6.07, 6.45) is 2.05. The molecule has 3 rings (SSSR count). The van der Waals surface area contributed by atoms with Crippen LogP contribution in [0.25, 0.3) is 0 Å².